The largest absolute Gasteiger partial charge is 0.323 e. The van der Waals surface area contributed by atoms with Crippen LogP contribution < -0.4 is 16.0 Å². The molecule has 9 heteroatoms. The highest BCUT2D eigenvalue weighted by atomic mass is 32.2. The zero-order chi connectivity index (χ0) is 26.9. The number of amides is 3. The van der Waals surface area contributed by atoms with Crippen molar-refractivity contribution in [3.63, 3.8) is 0 Å². The van der Waals surface area contributed by atoms with E-state index in [0.717, 1.165) is 9.77 Å². The molecule has 4 aromatic rings. The summed E-state index contributed by atoms with van der Waals surface area (Å²) in [4.78, 5) is 39.9. The summed E-state index contributed by atoms with van der Waals surface area (Å²) in [6.07, 6.45) is 1.63. The molecule has 0 aliphatic rings. The number of para-hydroxylation sites is 1. The van der Waals surface area contributed by atoms with E-state index in [1.165, 1.54) is 35.2 Å². The molecule has 1 heterocycles. The molecule has 1 aromatic heterocycles. The average Bonchev–Trinajstić information content (AvgIpc) is 3.44. The van der Waals surface area contributed by atoms with E-state index in [2.05, 4.69) is 16.0 Å². The van der Waals surface area contributed by atoms with E-state index in [4.69, 9.17) is 0 Å². The minimum Gasteiger partial charge on any atom is -0.323 e. The first-order chi connectivity index (χ1) is 18.4. The van der Waals surface area contributed by atoms with Crippen LogP contribution in [0, 0.1) is 5.82 Å². The van der Waals surface area contributed by atoms with Crippen LogP contribution in [0.4, 0.5) is 15.8 Å². The van der Waals surface area contributed by atoms with Gasteiger partial charge in [0.05, 0.1) is 10.9 Å². The van der Waals surface area contributed by atoms with E-state index in [9.17, 15) is 18.8 Å². The number of halogens is 1. The first-order valence-electron chi connectivity index (χ1n) is 11.6. The number of rotatable bonds is 9. The highest BCUT2D eigenvalue weighted by molar-refractivity contribution is 8.00. The van der Waals surface area contributed by atoms with Crippen molar-refractivity contribution in [2.45, 2.75) is 17.1 Å². The fourth-order valence-electron chi connectivity index (χ4n) is 3.33. The van der Waals surface area contributed by atoms with Crippen molar-refractivity contribution in [1.29, 1.82) is 0 Å². The number of hydrogen-bond acceptors (Lipinski definition) is 5. The first-order valence-corrected chi connectivity index (χ1v) is 13.4. The molecule has 6 nitrogen and oxygen atoms in total. The predicted molar refractivity (Wildman–Crippen MR) is 152 cm³/mol. The van der Waals surface area contributed by atoms with Gasteiger partial charge in [-0.3, -0.25) is 14.4 Å². The van der Waals surface area contributed by atoms with Crippen molar-refractivity contribution in [3.8, 4) is 0 Å². The lowest BCUT2D eigenvalue weighted by molar-refractivity contribution is -0.115. The van der Waals surface area contributed by atoms with Crippen LogP contribution in [-0.4, -0.2) is 23.0 Å². The molecule has 1 unspecified atom stereocenters. The van der Waals surface area contributed by atoms with Crippen molar-refractivity contribution in [1.82, 2.24) is 5.32 Å². The molecule has 0 spiro atoms. The van der Waals surface area contributed by atoms with Gasteiger partial charge in [-0.2, -0.15) is 0 Å². The summed E-state index contributed by atoms with van der Waals surface area (Å²) in [6, 6.07) is 25.3. The van der Waals surface area contributed by atoms with E-state index in [1.807, 2.05) is 23.6 Å². The van der Waals surface area contributed by atoms with Crippen LogP contribution in [-0.2, 0) is 9.59 Å². The number of carbonyl (C=O) groups excluding carboxylic acids is 3. The Morgan fingerprint density at radius 2 is 1.58 bits per heavy atom. The number of hydrogen-bond donors (Lipinski definition) is 3. The quantitative estimate of drug-likeness (QED) is 0.167. The van der Waals surface area contributed by atoms with Gasteiger partial charge in [-0.05, 0) is 73.0 Å². The fraction of sp³-hybridized carbons (Fsp3) is 0.0690. The van der Waals surface area contributed by atoms with E-state index in [0.29, 0.717) is 11.3 Å². The Kier molecular flexibility index (Phi) is 9.07. The van der Waals surface area contributed by atoms with Crippen molar-refractivity contribution >= 4 is 58.3 Å². The molecule has 3 aromatic carbocycles. The molecule has 0 radical (unpaired) electrons. The van der Waals surface area contributed by atoms with Crippen LogP contribution in [0.5, 0.6) is 0 Å². The maximum Gasteiger partial charge on any atom is 0.272 e. The molecule has 3 N–H and O–H groups in total. The molecule has 4 rings (SSSR count). The minimum absolute atomic E-state index is 0.109. The molecule has 192 valence electrons. The first kappa shape index (κ1) is 26.8. The van der Waals surface area contributed by atoms with Crippen molar-refractivity contribution < 1.29 is 18.8 Å². The van der Waals surface area contributed by atoms with Gasteiger partial charge in [0.2, 0.25) is 5.91 Å². The number of carbonyl (C=O) groups is 3. The van der Waals surface area contributed by atoms with E-state index < -0.39 is 22.9 Å². The zero-order valence-electron chi connectivity index (χ0n) is 20.3. The van der Waals surface area contributed by atoms with Crippen LogP contribution in [0.15, 0.2) is 107 Å². The molecule has 0 saturated carbocycles. The van der Waals surface area contributed by atoms with Gasteiger partial charge in [-0.1, -0.05) is 36.4 Å². The Bertz CT molecular complexity index is 1440. The number of anilines is 2. The second kappa shape index (κ2) is 12.8. The third-order valence-corrected chi connectivity index (χ3v) is 7.22. The molecule has 0 bridgehead atoms. The van der Waals surface area contributed by atoms with Crippen molar-refractivity contribution in [2.24, 2.45) is 0 Å². The highest BCUT2D eigenvalue weighted by Crippen LogP contribution is 2.26. The molecule has 3 amide bonds. The molecular formula is C29H24FN3O3S2. The van der Waals surface area contributed by atoms with Crippen LogP contribution in [0.3, 0.4) is 0 Å². The van der Waals surface area contributed by atoms with Gasteiger partial charge >= 0.3 is 0 Å². The average molecular weight is 546 g/mol. The Labute approximate surface area is 228 Å². The summed E-state index contributed by atoms with van der Waals surface area (Å²) in [5.74, 6) is -1.68. The lowest BCUT2D eigenvalue weighted by Crippen LogP contribution is -2.30. The molecule has 0 aliphatic heterocycles. The van der Waals surface area contributed by atoms with E-state index >= 15 is 0 Å². The van der Waals surface area contributed by atoms with Gasteiger partial charge < -0.3 is 16.0 Å². The van der Waals surface area contributed by atoms with Crippen LogP contribution in [0.1, 0.15) is 22.2 Å². The van der Waals surface area contributed by atoms with E-state index in [-0.39, 0.29) is 17.3 Å². The van der Waals surface area contributed by atoms with Gasteiger partial charge in [-0.25, -0.2) is 4.39 Å². The Balaban J connectivity index is 1.40. The lowest BCUT2D eigenvalue weighted by atomic mass is 10.2. The minimum atomic E-state index is -0.495. The summed E-state index contributed by atoms with van der Waals surface area (Å²) in [5, 5.41) is 9.51. The van der Waals surface area contributed by atoms with Crippen molar-refractivity contribution in [3.05, 3.63) is 118 Å². The Morgan fingerprint density at radius 1 is 0.868 bits per heavy atom. The third kappa shape index (κ3) is 7.41. The number of thioether (sulfide) groups is 1. The molecule has 1 atom stereocenters. The zero-order valence-corrected chi connectivity index (χ0v) is 21.9. The smallest absolute Gasteiger partial charge is 0.272 e. The summed E-state index contributed by atoms with van der Waals surface area (Å²) < 4.78 is 13.8. The fourth-order valence-corrected chi connectivity index (χ4v) is 4.85. The van der Waals surface area contributed by atoms with Crippen LogP contribution in [0.25, 0.3) is 6.08 Å². The lowest BCUT2D eigenvalue weighted by Gasteiger charge is -2.13. The van der Waals surface area contributed by atoms with Crippen molar-refractivity contribution in [2.75, 3.05) is 10.6 Å². The number of thiophene rings is 1. The van der Waals surface area contributed by atoms with Gasteiger partial charge in [0, 0.05) is 21.0 Å². The summed E-state index contributed by atoms with van der Waals surface area (Å²) in [5.41, 5.74) is 1.20. The molecule has 0 aliphatic carbocycles. The topological polar surface area (TPSA) is 87.3 Å². The Morgan fingerprint density at radius 3 is 2.26 bits per heavy atom. The number of nitrogens with one attached hydrogen (secondary N) is 3. The van der Waals surface area contributed by atoms with Gasteiger partial charge in [0.15, 0.2) is 0 Å². The van der Waals surface area contributed by atoms with Gasteiger partial charge in [0.25, 0.3) is 11.8 Å². The molecular weight excluding hydrogens is 521 g/mol. The Hall–Kier alpha value is -4.21. The second-order valence-corrected chi connectivity index (χ2v) is 10.5. The van der Waals surface area contributed by atoms with Crippen LogP contribution >= 0.6 is 23.1 Å². The molecule has 0 saturated heterocycles. The van der Waals surface area contributed by atoms with Gasteiger partial charge in [-0.15, -0.1) is 23.1 Å². The maximum absolute atomic E-state index is 13.8. The van der Waals surface area contributed by atoms with E-state index in [1.54, 1.807) is 73.7 Å². The van der Waals surface area contributed by atoms with Crippen LogP contribution in [0.2, 0.25) is 0 Å². The molecule has 38 heavy (non-hydrogen) atoms. The predicted octanol–water partition coefficient (Wildman–Crippen LogP) is 6.42. The number of benzene rings is 3. The summed E-state index contributed by atoms with van der Waals surface area (Å²) >= 11 is 2.75. The summed E-state index contributed by atoms with van der Waals surface area (Å²) in [7, 11) is 0. The standard InChI is InChI=1S/C29H24FN3O3S2/c1-19(27(34)32-25-12-6-5-11-24(25)30)38-22-15-13-21(14-16-22)31-29(36)26(18-23-10-7-17-37-23)33-28(35)20-8-3-2-4-9-20/h2-19H,1H3,(H,31,36)(H,32,34)(H,33,35)/b26-18-. The van der Waals surface area contributed by atoms with Gasteiger partial charge in [0.1, 0.15) is 11.5 Å². The maximum atomic E-state index is 13.8. The third-order valence-electron chi connectivity index (χ3n) is 5.28. The SMILES string of the molecule is CC(Sc1ccc(NC(=O)/C(=C/c2cccs2)NC(=O)c2ccccc2)cc1)C(=O)Nc1ccccc1F. The molecule has 0 fully saturated rings. The second-order valence-electron chi connectivity index (χ2n) is 8.10. The summed E-state index contributed by atoms with van der Waals surface area (Å²) in [6.45, 7) is 1.73. The monoisotopic (exact) mass is 545 g/mol. The highest BCUT2D eigenvalue weighted by Gasteiger charge is 2.17. The normalized spacial score (nSPS) is 11.9.